The molecule has 1 aliphatic rings. The van der Waals surface area contributed by atoms with Crippen molar-refractivity contribution in [2.75, 3.05) is 30.4 Å². The van der Waals surface area contributed by atoms with Crippen LogP contribution in [-0.4, -0.2) is 36.3 Å². The van der Waals surface area contributed by atoms with E-state index in [1.54, 1.807) is 7.11 Å². The number of carbonyl (C=O) groups excluding carboxylic acids is 1. The number of anilines is 2. The summed E-state index contributed by atoms with van der Waals surface area (Å²) in [4.78, 5) is 15.0. The van der Waals surface area contributed by atoms with Crippen molar-refractivity contribution in [2.45, 2.75) is 12.8 Å². The fraction of sp³-hybridized carbons (Fsp3) is 0.261. The Bertz CT molecular complexity index is 960. The van der Waals surface area contributed by atoms with Crippen molar-refractivity contribution in [3.05, 3.63) is 66.7 Å². The average molecular weight is 388 g/mol. The minimum Gasteiger partial charge on any atom is -0.495 e. The second-order valence-corrected chi connectivity index (χ2v) is 7.12. The Morgan fingerprint density at radius 1 is 1.03 bits per heavy atom. The molecule has 0 bridgehead atoms. The summed E-state index contributed by atoms with van der Waals surface area (Å²) in [6.07, 6.45) is 1.79. The summed E-state index contributed by atoms with van der Waals surface area (Å²) in [6, 6.07) is 21.4. The first-order valence-corrected chi connectivity index (χ1v) is 9.82. The van der Waals surface area contributed by atoms with Gasteiger partial charge in [0.05, 0.1) is 24.4 Å². The van der Waals surface area contributed by atoms with Gasteiger partial charge in [0.15, 0.2) is 5.82 Å². The van der Waals surface area contributed by atoms with Crippen LogP contribution in [0.1, 0.15) is 12.8 Å². The van der Waals surface area contributed by atoms with Gasteiger partial charge in [-0.2, -0.15) is 0 Å². The van der Waals surface area contributed by atoms with Crippen LogP contribution in [0, 0.1) is 5.92 Å². The van der Waals surface area contributed by atoms with Crippen molar-refractivity contribution in [2.24, 2.45) is 5.92 Å². The average Bonchev–Trinajstić information content (AvgIpc) is 2.80. The van der Waals surface area contributed by atoms with E-state index < -0.39 is 0 Å². The number of nitrogens with one attached hydrogen (secondary N) is 1. The highest BCUT2D eigenvalue weighted by molar-refractivity contribution is 5.94. The highest BCUT2D eigenvalue weighted by atomic mass is 16.5. The van der Waals surface area contributed by atoms with Crippen LogP contribution in [0.4, 0.5) is 11.5 Å². The normalized spacial score (nSPS) is 16.3. The van der Waals surface area contributed by atoms with Crippen molar-refractivity contribution in [1.82, 2.24) is 10.2 Å². The maximum atomic E-state index is 12.8. The van der Waals surface area contributed by atoms with Crippen molar-refractivity contribution in [3.63, 3.8) is 0 Å². The van der Waals surface area contributed by atoms with Crippen LogP contribution >= 0.6 is 0 Å². The molecule has 0 radical (unpaired) electrons. The van der Waals surface area contributed by atoms with E-state index in [-0.39, 0.29) is 11.8 Å². The lowest BCUT2D eigenvalue weighted by Gasteiger charge is -2.32. The molecule has 1 unspecified atom stereocenters. The zero-order chi connectivity index (χ0) is 20.1. The summed E-state index contributed by atoms with van der Waals surface area (Å²) in [7, 11) is 1.60. The largest absolute Gasteiger partial charge is 0.495 e. The zero-order valence-corrected chi connectivity index (χ0v) is 16.4. The fourth-order valence-electron chi connectivity index (χ4n) is 3.64. The summed E-state index contributed by atoms with van der Waals surface area (Å²) in [5, 5.41) is 11.8. The highest BCUT2D eigenvalue weighted by Crippen LogP contribution is 2.27. The van der Waals surface area contributed by atoms with Gasteiger partial charge in [0.2, 0.25) is 5.91 Å². The molecule has 1 aliphatic heterocycles. The lowest BCUT2D eigenvalue weighted by Crippen LogP contribution is -2.41. The molecule has 6 nitrogen and oxygen atoms in total. The molecular formula is C23H24N4O2. The first kappa shape index (κ1) is 18.9. The smallest absolute Gasteiger partial charge is 0.229 e. The third-order valence-corrected chi connectivity index (χ3v) is 5.20. The van der Waals surface area contributed by atoms with Crippen LogP contribution in [0.25, 0.3) is 11.3 Å². The van der Waals surface area contributed by atoms with Gasteiger partial charge >= 0.3 is 0 Å². The Morgan fingerprint density at radius 3 is 2.59 bits per heavy atom. The van der Waals surface area contributed by atoms with Gasteiger partial charge < -0.3 is 15.0 Å². The summed E-state index contributed by atoms with van der Waals surface area (Å²) in [6.45, 7) is 1.50. The Morgan fingerprint density at radius 2 is 1.83 bits per heavy atom. The van der Waals surface area contributed by atoms with Gasteiger partial charge in [0, 0.05) is 18.7 Å². The number of rotatable bonds is 5. The molecule has 0 saturated carbocycles. The molecule has 0 aliphatic carbocycles. The number of amides is 1. The van der Waals surface area contributed by atoms with Gasteiger partial charge in [-0.15, -0.1) is 10.2 Å². The maximum Gasteiger partial charge on any atom is 0.229 e. The number of carbonyl (C=O) groups is 1. The SMILES string of the molecule is COc1ccccc1NC(=O)C1CCCN(c2ccc(-c3ccccc3)nn2)C1. The van der Waals surface area contributed by atoms with E-state index in [0.29, 0.717) is 18.0 Å². The van der Waals surface area contributed by atoms with E-state index in [0.717, 1.165) is 36.5 Å². The first-order valence-electron chi connectivity index (χ1n) is 9.82. The molecule has 1 aromatic heterocycles. The molecule has 2 heterocycles. The van der Waals surface area contributed by atoms with Crippen LogP contribution in [0.15, 0.2) is 66.7 Å². The van der Waals surface area contributed by atoms with Crippen LogP contribution in [0.2, 0.25) is 0 Å². The zero-order valence-electron chi connectivity index (χ0n) is 16.4. The number of hydrogen-bond acceptors (Lipinski definition) is 5. The molecule has 2 aromatic carbocycles. The lowest BCUT2D eigenvalue weighted by molar-refractivity contribution is -0.120. The van der Waals surface area contributed by atoms with E-state index in [1.165, 1.54) is 0 Å². The third kappa shape index (κ3) is 4.37. The van der Waals surface area contributed by atoms with Crippen LogP contribution in [-0.2, 0) is 4.79 Å². The number of methoxy groups -OCH3 is 1. The standard InChI is InChI=1S/C23H24N4O2/c1-29-21-12-6-5-11-20(21)24-23(28)18-10-7-15-27(16-18)22-14-13-19(25-26-22)17-8-3-2-4-9-17/h2-6,8-9,11-14,18H,7,10,15-16H2,1H3,(H,24,28). The van der Waals surface area contributed by atoms with E-state index in [4.69, 9.17) is 4.74 Å². The fourth-order valence-corrected chi connectivity index (χ4v) is 3.64. The number of aromatic nitrogens is 2. The number of nitrogens with zero attached hydrogens (tertiary/aromatic N) is 3. The van der Waals surface area contributed by atoms with E-state index >= 15 is 0 Å². The minimum atomic E-state index is -0.107. The first-order chi connectivity index (χ1) is 14.2. The number of ether oxygens (including phenoxy) is 1. The van der Waals surface area contributed by atoms with E-state index in [2.05, 4.69) is 20.4 Å². The van der Waals surface area contributed by atoms with Crippen LogP contribution in [0.5, 0.6) is 5.75 Å². The number of hydrogen-bond donors (Lipinski definition) is 1. The van der Waals surface area contributed by atoms with Crippen molar-refractivity contribution in [1.29, 1.82) is 0 Å². The molecule has 1 fully saturated rings. The van der Waals surface area contributed by atoms with E-state index in [9.17, 15) is 4.79 Å². The van der Waals surface area contributed by atoms with Crippen molar-refractivity contribution in [3.8, 4) is 17.0 Å². The molecule has 3 aromatic rings. The topological polar surface area (TPSA) is 67.3 Å². The Kier molecular flexibility index (Phi) is 5.70. The molecular weight excluding hydrogens is 364 g/mol. The molecule has 0 spiro atoms. The summed E-state index contributed by atoms with van der Waals surface area (Å²) in [5.41, 5.74) is 2.58. The van der Waals surface area contributed by atoms with Gasteiger partial charge in [-0.25, -0.2) is 0 Å². The van der Waals surface area contributed by atoms with Crippen LogP contribution < -0.4 is 15.0 Å². The molecule has 1 atom stereocenters. The summed E-state index contributed by atoms with van der Waals surface area (Å²) < 4.78 is 5.33. The number of piperidine rings is 1. The van der Waals surface area contributed by atoms with Gasteiger partial charge in [0.1, 0.15) is 5.75 Å². The second-order valence-electron chi connectivity index (χ2n) is 7.12. The van der Waals surface area contributed by atoms with E-state index in [1.807, 2.05) is 66.7 Å². The summed E-state index contributed by atoms with van der Waals surface area (Å²) >= 11 is 0. The number of benzene rings is 2. The van der Waals surface area contributed by atoms with Crippen molar-refractivity contribution >= 4 is 17.4 Å². The predicted molar refractivity (Wildman–Crippen MR) is 114 cm³/mol. The number of para-hydroxylation sites is 2. The molecule has 1 saturated heterocycles. The maximum absolute atomic E-state index is 12.8. The van der Waals surface area contributed by atoms with Crippen LogP contribution in [0.3, 0.4) is 0 Å². The molecule has 6 heteroatoms. The lowest BCUT2D eigenvalue weighted by atomic mass is 9.97. The van der Waals surface area contributed by atoms with Gasteiger partial charge in [-0.3, -0.25) is 4.79 Å². The predicted octanol–water partition coefficient (Wildman–Crippen LogP) is 4.01. The molecule has 1 amide bonds. The summed E-state index contributed by atoms with van der Waals surface area (Å²) in [5.74, 6) is 1.37. The van der Waals surface area contributed by atoms with Gasteiger partial charge in [-0.1, -0.05) is 42.5 Å². The van der Waals surface area contributed by atoms with Crippen molar-refractivity contribution < 1.29 is 9.53 Å². The highest BCUT2D eigenvalue weighted by Gasteiger charge is 2.27. The third-order valence-electron chi connectivity index (χ3n) is 5.20. The Hall–Kier alpha value is -3.41. The monoisotopic (exact) mass is 388 g/mol. The molecule has 4 rings (SSSR count). The Balaban J connectivity index is 1.43. The van der Waals surface area contributed by atoms with Gasteiger partial charge in [-0.05, 0) is 37.1 Å². The second kappa shape index (κ2) is 8.73. The van der Waals surface area contributed by atoms with Gasteiger partial charge in [0.25, 0.3) is 0 Å². The molecule has 148 valence electrons. The molecule has 1 N–H and O–H groups in total. The Labute approximate surface area is 170 Å². The minimum absolute atomic E-state index is 0.00747. The quantitative estimate of drug-likeness (QED) is 0.715. The molecule has 29 heavy (non-hydrogen) atoms.